The molecule has 19 heavy (non-hydrogen) atoms. The SMILES string of the molecule is COCCCNC(C)Cc1ccc2c(c1)NCCO2. The van der Waals surface area contributed by atoms with E-state index in [1.165, 1.54) is 5.56 Å². The van der Waals surface area contributed by atoms with E-state index >= 15 is 0 Å². The second-order valence-corrected chi connectivity index (χ2v) is 5.01. The van der Waals surface area contributed by atoms with Gasteiger partial charge in [-0.1, -0.05) is 6.07 Å². The van der Waals surface area contributed by atoms with Crippen molar-refractivity contribution in [1.29, 1.82) is 0 Å². The van der Waals surface area contributed by atoms with Crippen molar-refractivity contribution in [3.8, 4) is 5.75 Å². The quantitative estimate of drug-likeness (QED) is 0.740. The third-order valence-corrected chi connectivity index (χ3v) is 3.28. The van der Waals surface area contributed by atoms with Crippen LogP contribution in [0.1, 0.15) is 18.9 Å². The summed E-state index contributed by atoms with van der Waals surface area (Å²) in [5, 5.41) is 6.89. The minimum Gasteiger partial charge on any atom is -0.490 e. The number of ether oxygens (including phenoxy) is 2. The van der Waals surface area contributed by atoms with Gasteiger partial charge in [-0.05, 0) is 44.0 Å². The van der Waals surface area contributed by atoms with Crippen LogP contribution in [0.4, 0.5) is 5.69 Å². The highest BCUT2D eigenvalue weighted by molar-refractivity contribution is 5.59. The Hall–Kier alpha value is -1.26. The first-order valence-corrected chi connectivity index (χ1v) is 7.01. The van der Waals surface area contributed by atoms with Crippen LogP contribution in [0.25, 0.3) is 0 Å². The maximum absolute atomic E-state index is 5.58. The Morgan fingerprint density at radius 3 is 3.21 bits per heavy atom. The van der Waals surface area contributed by atoms with Crippen molar-refractivity contribution in [3.05, 3.63) is 23.8 Å². The molecular formula is C15H24N2O2. The van der Waals surface area contributed by atoms with Gasteiger partial charge in [0.25, 0.3) is 0 Å². The number of rotatable bonds is 7. The molecule has 0 aromatic heterocycles. The lowest BCUT2D eigenvalue weighted by atomic mass is 10.1. The fourth-order valence-corrected chi connectivity index (χ4v) is 2.31. The number of benzene rings is 1. The van der Waals surface area contributed by atoms with Crippen molar-refractivity contribution < 1.29 is 9.47 Å². The zero-order valence-corrected chi connectivity index (χ0v) is 11.9. The second-order valence-electron chi connectivity index (χ2n) is 5.01. The highest BCUT2D eigenvalue weighted by Gasteiger charge is 2.11. The molecule has 0 spiro atoms. The van der Waals surface area contributed by atoms with Gasteiger partial charge >= 0.3 is 0 Å². The summed E-state index contributed by atoms with van der Waals surface area (Å²) < 4.78 is 10.6. The Morgan fingerprint density at radius 2 is 2.37 bits per heavy atom. The highest BCUT2D eigenvalue weighted by atomic mass is 16.5. The summed E-state index contributed by atoms with van der Waals surface area (Å²) in [6, 6.07) is 6.88. The Kier molecular flexibility index (Phi) is 5.48. The van der Waals surface area contributed by atoms with Crippen LogP contribution in [-0.4, -0.2) is 39.5 Å². The average Bonchev–Trinajstić information content (AvgIpc) is 2.43. The van der Waals surface area contributed by atoms with Crippen LogP contribution in [-0.2, 0) is 11.2 Å². The molecule has 0 fully saturated rings. The molecule has 0 saturated carbocycles. The van der Waals surface area contributed by atoms with Crippen LogP contribution in [0.5, 0.6) is 5.75 Å². The van der Waals surface area contributed by atoms with E-state index in [-0.39, 0.29) is 0 Å². The zero-order chi connectivity index (χ0) is 13.5. The number of fused-ring (bicyclic) bond motifs is 1. The lowest BCUT2D eigenvalue weighted by Crippen LogP contribution is -2.29. The van der Waals surface area contributed by atoms with E-state index < -0.39 is 0 Å². The first kappa shape index (κ1) is 14.2. The number of anilines is 1. The van der Waals surface area contributed by atoms with Gasteiger partial charge in [0.15, 0.2) is 0 Å². The molecule has 1 aromatic rings. The lowest BCUT2D eigenvalue weighted by molar-refractivity contribution is 0.193. The molecule has 2 rings (SSSR count). The van der Waals surface area contributed by atoms with Crippen LogP contribution in [0.3, 0.4) is 0 Å². The Bertz CT molecular complexity index is 396. The fourth-order valence-electron chi connectivity index (χ4n) is 2.31. The predicted molar refractivity (Wildman–Crippen MR) is 78.1 cm³/mol. The van der Waals surface area contributed by atoms with Gasteiger partial charge in [0.05, 0.1) is 5.69 Å². The summed E-state index contributed by atoms with van der Waals surface area (Å²) in [6.45, 7) is 5.68. The van der Waals surface area contributed by atoms with E-state index in [0.717, 1.165) is 50.6 Å². The molecule has 1 aromatic carbocycles. The van der Waals surface area contributed by atoms with E-state index in [9.17, 15) is 0 Å². The molecule has 0 radical (unpaired) electrons. The number of nitrogens with one attached hydrogen (secondary N) is 2. The maximum atomic E-state index is 5.58. The normalized spacial score (nSPS) is 15.3. The van der Waals surface area contributed by atoms with Crippen LogP contribution >= 0.6 is 0 Å². The molecule has 2 N–H and O–H groups in total. The standard InChI is InChI=1S/C15H24N2O2/c1-12(16-6-3-8-18-2)10-13-4-5-15-14(11-13)17-7-9-19-15/h4-5,11-12,16-17H,3,6-10H2,1-2H3. The second kappa shape index (κ2) is 7.36. The van der Waals surface area contributed by atoms with Crippen molar-refractivity contribution in [2.45, 2.75) is 25.8 Å². The van der Waals surface area contributed by atoms with E-state index in [1.54, 1.807) is 7.11 Å². The maximum Gasteiger partial charge on any atom is 0.142 e. The van der Waals surface area contributed by atoms with Crippen LogP contribution in [0.15, 0.2) is 18.2 Å². The number of hydrogen-bond donors (Lipinski definition) is 2. The molecule has 0 saturated heterocycles. The summed E-state index contributed by atoms with van der Waals surface area (Å²) >= 11 is 0. The van der Waals surface area contributed by atoms with E-state index in [4.69, 9.17) is 9.47 Å². The fraction of sp³-hybridized carbons (Fsp3) is 0.600. The first-order chi connectivity index (χ1) is 9.29. The molecule has 4 heteroatoms. The summed E-state index contributed by atoms with van der Waals surface area (Å²) in [5.74, 6) is 0.968. The van der Waals surface area contributed by atoms with Crippen LogP contribution in [0.2, 0.25) is 0 Å². The van der Waals surface area contributed by atoms with E-state index in [1.807, 2.05) is 0 Å². The van der Waals surface area contributed by atoms with Crippen molar-refractivity contribution in [2.24, 2.45) is 0 Å². The third-order valence-electron chi connectivity index (χ3n) is 3.28. The first-order valence-electron chi connectivity index (χ1n) is 7.01. The Morgan fingerprint density at radius 1 is 1.47 bits per heavy atom. The van der Waals surface area contributed by atoms with Gasteiger partial charge in [0.1, 0.15) is 12.4 Å². The summed E-state index contributed by atoms with van der Waals surface area (Å²) in [6.07, 6.45) is 2.09. The van der Waals surface area contributed by atoms with Crippen LogP contribution < -0.4 is 15.4 Å². The van der Waals surface area contributed by atoms with Gasteiger partial charge < -0.3 is 20.1 Å². The summed E-state index contributed by atoms with van der Waals surface area (Å²) in [5.41, 5.74) is 2.46. The molecule has 1 unspecified atom stereocenters. The molecule has 1 heterocycles. The Balaban J connectivity index is 1.81. The Labute approximate surface area is 115 Å². The topological polar surface area (TPSA) is 42.5 Å². The monoisotopic (exact) mass is 264 g/mol. The van der Waals surface area contributed by atoms with Gasteiger partial charge in [0.2, 0.25) is 0 Å². The number of hydrogen-bond acceptors (Lipinski definition) is 4. The smallest absolute Gasteiger partial charge is 0.142 e. The average molecular weight is 264 g/mol. The summed E-state index contributed by atoms with van der Waals surface area (Å²) in [4.78, 5) is 0. The van der Waals surface area contributed by atoms with Gasteiger partial charge in [-0.3, -0.25) is 0 Å². The predicted octanol–water partition coefficient (Wildman–Crippen LogP) is 2.05. The van der Waals surface area contributed by atoms with Gasteiger partial charge in [0, 0.05) is 26.3 Å². The van der Waals surface area contributed by atoms with Crippen molar-refractivity contribution in [3.63, 3.8) is 0 Å². The van der Waals surface area contributed by atoms with Gasteiger partial charge in [-0.15, -0.1) is 0 Å². The molecule has 4 nitrogen and oxygen atoms in total. The lowest BCUT2D eigenvalue weighted by Gasteiger charge is -2.20. The van der Waals surface area contributed by atoms with Crippen LogP contribution in [0, 0.1) is 0 Å². The third kappa shape index (κ3) is 4.40. The van der Waals surface area contributed by atoms with Crippen molar-refractivity contribution >= 4 is 5.69 Å². The molecule has 106 valence electrons. The molecule has 0 bridgehead atoms. The number of methoxy groups -OCH3 is 1. The molecule has 0 aliphatic carbocycles. The highest BCUT2D eigenvalue weighted by Crippen LogP contribution is 2.28. The summed E-state index contributed by atoms with van der Waals surface area (Å²) in [7, 11) is 1.74. The molecule has 0 amide bonds. The van der Waals surface area contributed by atoms with Gasteiger partial charge in [-0.2, -0.15) is 0 Å². The van der Waals surface area contributed by atoms with Gasteiger partial charge in [-0.25, -0.2) is 0 Å². The van der Waals surface area contributed by atoms with Crippen molar-refractivity contribution in [1.82, 2.24) is 5.32 Å². The zero-order valence-electron chi connectivity index (χ0n) is 11.9. The largest absolute Gasteiger partial charge is 0.490 e. The van der Waals surface area contributed by atoms with E-state index in [0.29, 0.717) is 6.04 Å². The molecule has 1 atom stereocenters. The minimum atomic E-state index is 0.472. The van der Waals surface area contributed by atoms with E-state index in [2.05, 4.69) is 35.8 Å². The molecule has 1 aliphatic rings. The van der Waals surface area contributed by atoms with Crippen molar-refractivity contribution in [2.75, 3.05) is 38.7 Å². The molecule has 1 aliphatic heterocycles. The minimum absolute atomic E-state index is 0.472. The molecular weight excluding hydrogens is 240 g/mol.